The molecule has 0 bridgehead atoms. The van der Waals surface area contributed by atoms with Crippen LogP contribution in [0.15, 0.2) is 28.1 Å². The molecule has 2 heterocycles. The number of hydrogen-bond donors (Lipinski definition) is 0. The predicted octanol–water partition coefficient (Wildman–Crippen LogP) is 4.30. The summed E-state index contributed by atoms with van der Waals surface area (Å²) in [4.78, 5) is 26.4. The highest BCUT2D eigenvalue weighted by Crippen LogP contribution is 2.26. The van der Waals surface area contributed by atoms with E-state index < -0.39 is 23.5 Å². The van der Waals surface area contributed by atoms with Crippen molar-refractivity contribution >= 4 is 39.0 Å². The number of halogens is 3. The van der Waals surface area contributed by atoms with E-state index in [4.69, 9.17) is 9.47 Å². The molecule has 1 aliphatic heterocycles. The zero-order valence-electron chi connectivity index (χ0n) is 15.0. The molecule has 1 aromatic heterocycles. The maximum atomic E-state index is 14.2. The van der Waals surface area contributed by atoms with Crippen LogP contribution in [0.3, 0.4) is 0 Å². The van der Waals surface area contributed by atoms with Crippen LogP contribution >= 0.6 is 27.3 Å². The Hall–Kier alpha value is -1.84. The minimum absolute atomic E-state index is 0.0300. The molecule has 1 atom stereocenters. The van der Waals surface area contributed by atoms with Gasteiger partial charge >= 0.3 is 0 Å². The molecule has 1 aliphatic rings. The Labute approximate surface area is 173 Å². The number of carbonyl (C=O) groups excluding carboxylic acids is 2. The van der Waals surface area contributed by atoms with Gasteiger partial charge in [0.2, 0.25) is 0 Å². The molecule has 1 amide bonds. The summed E-state index contributed by atoms with van der Waals surface area (Å²) in [5.74, 6) is -2.91. The number of carbonyl (C=O) groups is 2. The smallest absolute Gasteiger partial charge is 0.264 e. The van der Waals surface area contributed by atoms with Crippen LogP contribution in [0.2, 0.25) is 0 Å². The number of hydrogen-bond acceptors (Lipinski definition) is 5. The monoisotopic (exact) mass is 473 g/mol. The van der Waals surface area contributed by atoms with Crippen molar-refractivity contribution in [3.63, 3.8) is 0 Å². The second-order valence-electron chi connectivity index (χ2n) is 6.20. The molecular formula is C19H18BrF2NO4S. The first-order chi connectivity index (χ1) is 13.4. The third-order valence-corrected chi connectivity index (χ3v) is 5.88. The summed E-state index contributed by atoms with van der Waals surface area (Å²) in [6.45, 7) is 2.49. The number of Topliss-reactive ketones (excluding diaryl/α,β-unsaturated/α-hetero) is 1. The summed E-state index contributed by atoms with van der Waals surface area (Å²) < 4.78 is 40.0. The van der Waals surface area contributed by atoms with Crippen LogP contribution < -0.4 is 4.74 Å². The lowest BCUT2D eigenvalue weighted by atomic mass is 10.1. The van der Waals surface area contributed by atoms with E-state index in [2.05, 4.69) is 15.9 Å². The van der Waals surface area contributed by atoms with Gasteiger partial charge in [-0.15, -0.1) is 11.3 Å². The van der Waals surface area contributed by atoms with Crippen LogP contribution in [0.1, 0.15) is 33.4 Å². The fourth-order valence-corrected chi connectivity index (χ4v) is 4.18. The van der Waals surface area contributed by atoms with Gasteiger partial charge in [0.05, 0.1) is 21.8 Å². The van der Waals surface area contributed by atoms with Gasteiger partial charge in [-0.25, -0.2) is 8.78 Å². The van der Waals surface area contributed by atoms with Crippen LogP contribution in [0, 0.1) is 11.6 Å². The molecule has 150 valence electrons. The van der Waals surface area contributed by atoms with Crippen LogP contribution in [0.4, 0.5) is 8.78 Å². The normalized spacial score (nSPS) is 16.9. The van der Waals surface area contributed by atoms with Gasteiger partial charge in [0.15, 0.2) is 23.2 Å². The van der Waals surface area contributed by atoms with Crippen molar-refractivity contribution in [3.05, 3.63) is 50.1 Å². The third-order valence-electron chi connectivity index (χ3n) is 4.26. The molecule has 1 unspecified atom stereocenters. The molecule has 0 spiro atoms. The van der Waals surface area contributed by atoms with Gasteiger partial charge in [0, 0.05) is 18.5 Å². The Morgan fingerprint density at radius 1 is 1.32 bits per heavy atom. The summed E-state index contributed by atoms with van der Waals surface area (Å²) in [6, 6.07) is 5.48. The topological polar surface area (TPSA) is 55.8 Å². The van der Waals surface area contributed by atoms with Gasteiger partial charge in [-0.05, 0) is 40.2 Å². The molecular weight excluding hydrogens is 456 g/mol. The number of morpholine rings is 1. The summed E-state index contributed by atoms with van der Waals surface area (Å²) in [5.41, 5.74) is -0.0300. The minimum atomic E-state index is -0.941. The predicted molar refractivity (Wildman–Crippen MR) is 104 cm³/mol. The third kappa shape index (κ3) is 4.76. The highest BCUT2D eigenvalue weighted by molar-refractivity contribution is 9.11. The van der Waals surface area contributed by atoms with Crippen LogP contribution in [-0.2, 0) is 4.74 Å². The zero-order chi connectivity index (χ0) is 20.3. The van der Waals surface area contributed by atoms with Crippen molar-refractivity contribution in [2.75, 3.05) is 26.3 Å². The summed E-state index contributed by atoms with van der Waals surface area (Å²) in [7, 11) is 0. The first kappa shape index (κ1) is 20.9. The van der Waals surface area contributed by atoms with E-state index in [1.807, 2.05) is 0 Å². The van der Waals surface area contributed by atoms with Crippen molar-refractivity contribution < 1.29 is 27.8 Å². The molecule has 0 saturated carbocycles. The Bertz CT molecular complexity index is 866. The molecule has 3 rings (SSSR count). The number of ether oxygens (including phenoxy) is 2. The van der Waals surface area contributed by atoms with Gasteiger partial charge < -0.3 is 14.4 Å². The van der Waals surface area contributed by atoms with Crippen molar-refractivity contribution in [2.24, 2.45) is 0 Å². The zero-order valence-corrected chi connectivity index (χ0v) is 17.4. The van der Waals surface area contributed by atoms with Crippen molar-refractivity contribution in [3.8, 4) is 5.75 Å². The Balaban J connectivity index is 1.63. The quantitative estimate of drug-likeness (QED) is 0.586. The number of thiophene rings is 1. The molecule has 1 fully saturated rings. The first-order valence-corrected chi connectivity index (χ1v) is 10.3. The van der Waals surface area contributed by atoms with Gasteiger partial charge in [-0.2, -0.15) is 0 Å². The highest BCUT2D eigenvalue weighted by atomic mass is 79.9. The lowest BCUT2D eigenvalue weighted by Gasteiger charge is -2.32. The van der Waals surface area contributed by atoms with E-state index in [1.54, 1.807) is 24.0 Å². The SMILES string of the molecule is CCC(=O)c1cc(F)c(OCC2CN(C(=O)c3ccc(Br)s3)CCO2)c(F)c1. The highest BCUT2D eigenvalue weighted by Gasteiger charge is 2.27. The standard InChI is InChI=1S/C19H18BrF2NO4S/c1-2-15(24)11-7-13(21)18(14(22)8-11)27-10-12-9-23(5-6-26-12)19(25)16-3-4-17(20)28-16/h3-4,7-8,12H,2,5-6,9-10H2,1H3. The molecule has 0 radical (unpaired) electrons. The van der Waals surface area contributed by atoms with Crippen LogP contribution in [-0.4, -0.2) is 49.0 Å². The van der Waals surface area contributed by atoms with Gasteiger partial charge in [-0.1, -0.05) is 6.92 Å². The molecule has 28 heavy (non-hydrogen) atoms. The van der Waals surface area contributed by atoms with E-state index in [1.165, 1.54) is 11.3 Å². The number of benzene rings is 1. The average Bonchev–Trinajstić information content (AvgIpc) is 3.12. The molecule has 0 aliphatic carbocycles. The number of rotatable bonds is 6. The Morgan fingerprint density at radius 3 is 2.64 bits per heavy atom. The Morgan fingerprint density at radius 2 is 2.04 bits per heavy atom. The number of amides is 1. The van der Waals surface area contributed by atoms with Crippen LogP contribution in [0.5, 0.6) is 5.75 Å². The number of ketones is 1. The summed E-state index contributed by atoms with van der Waals surface area (Å²) in [5, 5.41) is 0. The van der Waals surface area contributed by atoms with E-state index in [9.17, 15) is 18.4 Å². The first-order valence-electron chi connectivity index (χ1n) is 8.70. The molecule has 1 aromatic carbocycles. The van der Waals surface area contributed by atoms with E-state index >= 15 is 0 Å². The average molecular weight is 474 g/mol. The largest absolute Gasteiger partial charge is 0.485 e. The van der Waals surface area contributed by atoms with E-state index in [-0.39, 0.29) is 36.8 Å². The molecule has 9 heteroatoms. The molecule has 0 N–H and O–H groups in total. The maximum Gasteiger partial charge on any atom is 0.264 e. The van der Waals surface area contributed by atoms with Gasteiger partial charge in [0.1, 0.15) is 12.7 Å². The fourth-order valence-electron chi connectivity index (χ4n) is 2.83. The summed E-state index contributed by atoms with van der Waals surface area (Å²) >= 11 is 4.67. The second-order valence-corrected chi connectivity index (χ2v) is 8.67. The lowest BCUT2D eigenvalue weighted by molar-refractivity contribution is -0.0409. The fraction of sp³-hybridized carbons (Fsp3) is 0.368. The van der Waals surface area contributed by atoms with E-state index in [0.29, 0.717) is 18.0 Å². The van der Waals surface area contributed by atoms with Crippen LogP contribution in [0.25, 0.3) is 0 Å². The lowest BCUT2D eigenvalue weighted by Crippen LogP contribution is -2.47. The second kappa shape index (κ2) is 9.11. The Kier molecular flexibility index (Phi) is 6.79. The maximum absolute atomic E-state index is 14.2. The molecule has 2 aromatic rings. The van der Waals surface area contributed by atoms with E-state index in [0.717, 1.165) is 15.9 Å². The number of nitrogens with zero attached hydrogens (tertiary/aromatic N) is 1. The van der Waals surface area contributed by atoms with Crippen molar-refractivity contribution in [1.29, 1.82) is 0 Å². The molecule has 5 nitrogen and oxygen atoms in total. The molecule has 1 saturated heterocycles. The summed E-state index contributed by atoms with van der Waals surface area (Å²) in [6.07, 6.45) is -0.364. The van der Waals surface area contributed by atoms with Gasteiger partial charge in [-0.3, -0.25) is 9.59 Å². The minimum Gasteiger partial charge on any atom is -0.485 e. The van der Waals surface area contributed by atoms with Gasteiger partial charge in [0.25, 0.3) is 5.91 Å². The van der Waals surface area contributed by atoms with Crippen molar-refractivity contribution in [1.82, 2.24) is 4.90 Å². The van der Waals surface area contributed by atoms with Crippen molar-refractivity contribution in [2.45, 2.75) is 19.4 Å².